The van der Waals surface area contributed by atoms with Gasteiger partial charge in [-0.2, -0.15) is 5.10 Å². The number of carbonyl (C=O) groups is 3. The van der Waals surface area contributed by atoms with E-state index in [1.807, 2.05) is 18.2 Å². The Hall–Kier alpha value is -3.79. The van der Waals surface area contributed by atoms with Crippen LogP contribution in [0.3, 0.4) is 0 Å². The molecule has 1 aromatic carbocycles. The molecule has 7 rings (SSSR count). The van der Waals surface area contributed by atoms with Gasteiger partial charge in [-0.3, -0.25) is 14.4 Å². The van der Waals surface area contributed by atoms with Crippen molar-refractivity contribution in [3.05, 3.63) is 59.0 Å². The molecule has 2 bridgehead atoms. The normalized spacial score (nSPS) is 22.7. The quantitative estimate of drug-likeness (QED) is 0.536. The van der Waals surface area contributed by atoms with E-state index < -0.39 is 5.91 Å². The number of hydrogen-bond donors (Lipinski definition) is 2. The molecule has 0 unspecified atom stereocenters. The first kappa shape index (κ1) is 22.7. The molecule has 0 saturated carbocycles. The van der Waals surface area contributed by atoms with E-state index in [0.29, 0.717) is 36.2 Å². The number of benzene rings is 1. The minimum Gasteiger partial charge on any atom is -0.486 e. The van der Waals surface area contributed by atoms with Crippen LogP contribution in [0.5, 0.6) is 5.75 Å². The van der Waals surface area contributed by atoms with Gasteiger partial charge in [-0.1, -0.05) is 6.07 Å². The fourth-order valence-electron chi connectivity index (χ4n) is 5.54. The summed E-state index contributed by atoms with van der Waals surface area (Å²) < 4.78 is 6.89. The monoisotopic (exact) mass is 488 g/mol. The van der Waals surface area contributed by atoms with Crippen LogP contribution < -0.4 is 15.4 Å². The van der Waals surface area contributed by atoms with Crippen molar-refractivity contribution in [1.82, 2.24) is 30.1 Å². The molecule has 1 atom stereocenters. The highest BCUT2D eigenvalue weighted by Gasteiger charge is 2.34. The average Bonchev–Trinajstić information content (AvgIpc) is 3.39. The second-order valence-electron chi connectivity index (χ2n) is 9.86. The predicted molar refractivity (Wildman–Crippen MR) is 130 cm³/mol. The van der Waals surface area contributed by atoms with Crippen LogP contribution in [0.4, 0.5) is 0 Å². The standard InChI is InChI=1S/C26H28N6O4/c33-20-10-18-9-16(1-2-23(18)36-15-20)12-27-25(34)21-11-22(32-24(30-21)3-6-29-32)26(35)28-13-19-14-31-7-4-17(19)5-8-31/h1-3,6,9,11,17,19H,4-5,7-8,10,12-15H2,(H,27,34)(H,28,35)/t19-/m0/s1. The van der Waals surface area contributed by atoms with Gasteiger partial charge in [-0.15, -0.1) is 0 Å². The minimum absolute atomic E-state index is 0.0290. The molecule has 0 aliphatic carbocycles. The van der Waals surface area contributed by atoms with Crippen LogP contribution in [0.1, 0.15) is 44.9 Å². The number of amides is 2. The number of aromatic nitrogens is 3. The summed E-state index contributed by atoms with van der Waals surface area (Å²) >= 11 is 0. The summed E-state index contributed by atoms with van der Waals surface area (Å²) in [6.45, 7) is 4.30. The Balaban J connectivity index is 1.15. The number of piperidine rings is 3. The van der Waals surface area contributed by atoms with Gasteiger partial charge in [-0.05, 0) is 55.5 Å². The van der Waals surface area contributed by atoms with E-state index in [2.05, 4.69) is 25.6 Å². The maximum atomic E-state index is 13.1. The van der Waals surface area contributed by atoms with Gasteiger partial charge in [0.25, 0.3) is 11.8 Å². The van der Waals surface area contributed by atoms with Gasteiger partial charge in [0.05, 0.1) is 6.20 Å². The molecule has 10 heteroatoms. The summed E-state index contributed by atoms with van der Waals surface area (Å²) in [5.41, 5.74) is 2.52. The molecule has 186 valence electrons. The molecular formula is C26H28N6O4. The van der Waals surface area contributed by atoms with Crippen molar-refractivity contribution in [3.8, 4) is 5.75 Å². The highest BCUT2D eigenvalue weighted by molar-refractivity contribution is 5.98. The number of ether oxygens (including phenoxy) is 1. The molecule has 2 amide bonds. The van der Waals surface area contributed by atoms with Crippen LogP contribution in [-0.2, 0) is 17.8 Å². The average molecular weight is 489 g/mol. The third-order valence-corrected chi connectivity index (χ3v) is 7.50. The smallest absolute Gasteiger partial charge is 0.270 e. The Kier molecular flexibility index (Phi) is 5.88. The first-order chi connectivity index (χ1) is 17.5. The van der Waals surface area contributed by atoms with E-state index >= 15 is 0 Å². The summed E-state index contributed by atoms with van der Waals surface area (Å²) in [6.07, 6.45) is 4.27. The van der Waals surface area contributed by atoms with Crippen molar-refractivity contribution >= 4 is 23.2 Å². The van der Waals surface area contributed by atoms with Gasteiger partial charge in [0, 0.05) is 43.8 Å². The molecule has 0 radical (unpaired) electrons. The molecular weight excluding hydrogens is 460 g/mol. The number of ketones is 1. The van der Waals surface area contributed by atoms with E-state index in [1.54, 1.807) is 12.3 Å². The van der Waals surface area contributed by atoms with Crippen LogP contribution in [0.2, 0.25) is 0 Å². The number of nitrogens with one attached hydrogen (secondary N) is 2. The molecule has 2 N–H and O–H groups in total. The zero-order valence-corrected chi connectivity index (χ0v) is 19.9. The summed E-state index contributed by atoms with van der Waals surface area (Å²) in [7, 11) is 0. The predicted octanol–water partition coefficient (Wildman–Crippen LogP) is 1.23. The maximum Gasteiger partial charge on any atom is 0.270 e. The lowest BCUT2D eigenvalue weighted by molar-refractivity contribution is -0.121. The zero-order valence-electron chi connectivity index (χ0n) is 19.9. The third-order valence-electron chi connectivity index (χ3n) is 7.50. The van der Waals surface area contributed by atoms with Gasteiger partial charge in [0.2, 0.25) is 0 Å². The van der Waals surface area contributed by atoms with E-state index in [1.165, 1.54) is 23.4 Å². The third kappa shape index (κ3) is 4.44. The fraction of sp³-hybridized carbons (Fsp3) is 0.423. The zero-order chi connectivity index (χ0) is 24.6. The van der Waals surface area contributed by atoms with Gasteiger partial charge in [0.15, 0.2) is 11.4 Å². The van der Waals surface area contributed by atoms with Crippen LogP contribution >= 0.6 is 0 Å². The van der Waals surface area contributed by atoms with Crippen molar-refractivity contribution in [2.24, 2.45) is 11.8 Å². The topological polar surface area (TPSA) is 118 Å². The summed E-state index contributed by atoms with van der Waals surface area (Å²) in [6, 6.07) is 8.70. The number of Topliss-reactive ketones (excluding diaryl/α,β-unsaturated/α-hetero) is 1. The Morgan fingerprint density at radius 2 is 1.94 bits per heavy atom. The van der Waals surface area contributed by atoms with Crippen LogP contribution in [0.25, 0.3) is 5.65 Å². The van der Waals surface area contributed by atoms with Crippen molar-refractivity contribution in [3.63, 3.8) is 0 Å². The van der Waals surface area contributed by atoms with Crippen LogP contribution in [0.15, 0.2) is 36.5 Å². The summed E-state index contributed by atoms with van der Waals surface area (Å²) in [5, 5.41) is 10.2. The van der Waals surface area contributed by atoms with E-state index in [4.69, 9.17) is 4.74 Å². The SMILES string of the molecule is O=C1COc2ccc(CNC(=O)c3cc(C(=O)NC[C@H]4CN5CCC4CC5)n4nccc4n3)cc2C1. The number of fused-ring (bicyclic) bond motifs is 5. The lowest BCUT2D eigenvalue weighted by Crippen LogP contribution is -2.50. The van der Waals surface area contributed by atoms with E-state index in [-0.39, 0.29) is 36.2 Å². The largest absolute Gasteiger partial charge is 0.486 e. The molecule has 10 nitrogen and oxygen atoms in total. The number of rotatable bonds is 6. The van der Waals surface area contributed by atoms with Crippen molar-refractivity contribution in [1.29, 1.82) is 0 Å². The van der Waals surface area contributed by atoms with Gasteiger partial charge in [-0.25, -0.2) is 9.50 Å². The molecule has 4 aliphatic heterocycles. The van der Waals surface area contributed by atoms with Gasteiger partial charge in [0.1, 0.15) is 23.7 Å². The number of hydrogen-bond acceptors (Lipinski definition) is 7. The first-order valence-electron chi connectivity index (χ1n) is 12.4. The number of nitrogens with zero attached hydrogens (tertiary/aromatic N) is 4. The maximum absolute atomic E-state index is 13.1. The Morgan fingerprint density at radius 1 is 1.08 bits per heavy atom. The highest BCUT2D eigenvalue weighted by Crippen LogP contribution is 2.31. The van der Waals surface area contributed by atoms with Crippen molar-refractivity contribution in [2.45, 2.75) is 25.8 Å². The summed E-state index contributed by atoms with van der Waals surface area (Å²) in [5.74, 6) is 1.18. The lowest BCUT2D eigenvalue weighted by Gasteiger charge is -2.44. The molecule has 0 spiro atoms. The Labute approximate surface area is 208 Å². The molecule has 3 fully saturated rings. The molecule has 2 aromatic heterocycles. The second-order valence-corrected chi connectivity index (χ2v) is 9.86. The molecule has 4 aliphatic rings. The van der Waals surface area contributed by atoms with E-state index in [9.17, 15) is 14.4 Å². The van der Waals surface area contributed by atoms with E-state index in [0.717, 1.165) is 30.8 Å². The van der Waals surface area contributed by atoms with Crippen molar-refractivity contribution in [2.75, 3.05) is 32.8 Å². The minimum atomic E-state index is -0.393. The molecule has 36 heavy (non-hydrogen) atoms. The lowest BCUT2D eigenvalue weighted by atomic mass is 9.79. The summed E-state index contributed by atoms with van der Waals surface area (Å²) in [4.78, 5) is 44.6. The van der Waals surface area contributed by atoms with Crippen molar-refractivity contribution < 1.29 is 19.1 Å². The Morgan fingerprint density at radius 3 is 2.75 bits per heavy atom. The fourth-order valence-corrected chi connectivity index (χ4v) is 5.54. The highest BCUT2D eigenvalue weighted by atomic mass is 16.5. The molecule has 3 saturated heterocycles. The van der Waals surface area contributed by atoms with Gasteiger partial charge < -0.3 is 20.3 Å². The van der Waals surface area contributed by atoms with Gasteiger partial charge >= 0.3 is 0 Å². The first-order valence-corrected chi connectivity index (χ1v) is 12.4. The number of carbonyl (C=O) groups excluding carboxylic acids is 3. The second kappa shape index (κ2) is 9.34. The Bertz CT molecular complexity index is 1340. The van der Waals surface area contributed by atoms with Crippen LogP contribution in [0, 0.1) is 11.8 Å². The van der Waals surface area contributed by atoms with Crippen LogP contribution in [-0.4, -0.2) is 69.9 Å². The molecule has 6 heterocycles. The molecule has 3 aromatic rings.